The molecule has 142 valence electrons. The van der Waals surface area contributed by atoms with Crippen molar-refractivity contribution in [2.75, 3.05) is 31.5 Å². The van der Waals surface area contributed by atoms with E-state index in [0.717, 1.165) is 30.0 Å². The normalized spacial score (nSPS) is 17.5. The predicted octanol–water partition coefficient (Wildman–Crippen LogP) is 2.12. The third-order valence-electron chi connectivity index (χ3n) is 4.78. The Labute approximate surface area is 161 Å². The second-order valence-corrected chi connectivity index (χ2v) is 7.88. The molecule has 1 N–H and O–H groups in total. The van der Waals surface area contributed by atoms with Gasteiger partial charge < -0.3 is 9.80 Å². The highest BCUT2D eigenvalue weighted by Crippen LogP contribution is 2.42. The number of amides is 3. The van der Waals surface area contributed by atoms with E-state index in [1.54, 1.807) is 11.1 Å². The summed E-state index contributed by atoms with van der Waals surface area (Å²) in [7, 11) is 0. The lowest BCUT2D eigenvalue weighted by atomic mass is 10.2. The number of carbonyl (C=O) groups is 2. The summed E-state index contributed by atoms with van der Waals surface area (Å²) in [6.07, 6.45) is 5.07. The van der Waals surface area contributed by atoms with Crippen LogP contribution in [0.2, 0.25) is 0 Å². The number of hydrogen-bond acceptors (Lipinski definition) is 6. The first-order valence-corrected chi connectivity index (χ1v) is 10.1. The molecular formula is C18H22N6O2S. The molecule has 2 fully saturated rings. The van der Waals surface area contributed by atoms with E-state index in [9.17, 15) is 9.59 Å². The van der Waals surface area contributed by atoms with Gasteiger partial charge in [-0.05, 0) is 31.4 Å². The Morgan fingerprint density at radius 1 is 1.11 bits per heavy atom. The van der Waals surface area contributed by atoms with E-state index in [2.05, 4.69) is 20.5 Å². The molecule has 1 aliphatic heterocycles. The van der Waals surface area contributed by atoms with Crippen LogP contribution < -0.4 is 5.32 Å². The van der Waals surface area contributed by atoms with Gasteiger partial charge in [-0.15, -0.1) is 10.2 Å². The van der Waals surface area contributed by atoms with Crippen LogP contribution in [0.25, 0.3) is 0 Å². The molecule has 27 heavy (non-hydrogen) atoms. The van der Waals surface area contributed by atoms with Crippen LogP contribution in [0.15, 0.2) is 24.4 Å². The molecule has 1 saturated heterocycles. The maximum absolute atomic E-state index is 12.5. The first kappa shape index (κ1) is 17.8. The van der Waals surface area contributed by atoms with Gasteiger partial charge in [0.15, 0.2) is 0 Å². The quantitative estimate of drug-likeness (QED) is 0.869. The van der Waals surface area contributed by atoms with Crippen molar-refractivity contribution < 1.29 is 9.59 Å². The van der Waals surface area contributed by atoms with Gasteiger partial charge in [0.1, 0.15) is 5.01 Å². The van der Waals surface area contributed by atoms with Gasteiger partial charge >= 0.3 is 6.03 Å². The van der Waals surface area contributed by atoms with Crippen molar-refractivity contribution in [3.8, 4) is 0 Å². The molecular weight excluding hydrogens is 364 g/mol. The second kappa shape index (κ2) is 7.99. The highest BCUT2D eigenvalue weighted by molar-refractivity contribution is 7.15. The molecule has 4 rings (SSSR count). The zero-order chi connectivity index (χ0) is 18.6. The Hall–Kier alpha value is -2.55. The van der Waals surface area contributed by atoms with Crippen molar-refractivity contribution in [1.82, 2.24) is 25.0 Å². The van der Waals surface area contributed by atoms with Crippen molar-refractivity contribution in [3.05, 3.63) is 35.1 Å². The molecule has 0 unspecified atom stereocenters. The van der Waals surface area contributed by atoms with E-state index in [-0.39, 0.29) is 11.9 Å². The first-order valence-electron chi connectivity index (χ1n) is 9.26. The Morgan fingerprint density at radius 2 is 1.93 bits per heavy atom. The third kappa shape index (κ3) is 4.60. The lowest BCUT2D eigenvalue weighted by Gasteiger charge is -2.22. The Morgan fingerprint density at radius 3 is 2.70 bits per heavy atom. The number of pyridine rings is 1. The third-order valence-corrected chi connectivity index (χ3v) is 5.78. The maximum Gasteiger partial charge on any atom is 0.323 e. The van der Waals surface area contributed by atoms with E-state index in [0.29, 0.717) is 43.6 Å². The van der Waals surface area contributed by atoms with E-state index in [4.69, 9.17) is 0 Å². The van der Waals surface area contributed by atoms with Gasteiger partial charge in [0.05, 0.1) is 6.42 Å². The number of urea groups is 1. The number of aromatic nitrogens is 3. The summed E-state index contributed by atoms with van der Waals surface area (Å²) in [6.45, 7) is 2.31. The fourth-order valence-electron chi connectivity index (χ4n) is 3.09. The maximum atomic E-state index is 12.5. The minimum Gasteiger partial charge on any atom is -0.341 e. The largest absolute Gasteiger partial charge is 0.341 e. The highest BCUT2D eigenvalue weighted by atomic mass is 32.1. The van der Waals surface area contributed by atoms with Crippen LogP contribution in [0.5, 0.6) is 0 Å². The molecule has 2 aromatic heterocycles. The first-order chi connectivity index (χ1) is 13.2. The van der Waals surface area contributed by atoms with E-state index in [1.165, 1.54) is 11.3 Å². The molecule has 0 bridgehead atoms. The summed E-state index contributed by atoms with van der Waals surface area (Å²) < 4.78 is 0. The number of anilines is 1. The molecule has 2 aromatic rings. The van der Waals surface area contributed by atoms with Crippen LogP contribution in [0.1, 0.15) is 35.9 Å². The van der Waals surface area contributed by atoms with Gasteiger partial charge in [0.2, 0.25) is 11.0 Å². The summed E-state index contributed by atoms with van der Waals surface area (Å²) >= 11 is 1.46. The van der Waals surface area contributed by atoms with Gasteiger partial charge in [-0.2, -0.15) is 0 Å². The Bertz CT molecular complexity index is 807. The topological polar surface area (TPSA) is 91.3 Å². The van der Waals surface area contributed by atoms with Crippen molar-refractivity contribution >= 4 is 28.4 Å². The monoisotopic (exact) mass is 386 g/mol. The van der Waals surface area contributed by atoms with E-state index >= 15 is 0 Å². The molecule has 0 atom stereocenters. The number of nitrogens with zero attached hydrogens (tertiary/aromatic N) is 5. The van der Waals surface area contributed by atoms with Crippen LogP contribution in [0.4, 0.5) is 9.93 Å². The van der Waals surface area contributed by atoms with Crippen LogP contribution in [-0.2, 0) is 11.2 Å². The summed E-state index contributed by atoms with van der Waals surface area (Å²) in [5, 5.41) is 12.6. The summed E-state index contributed by atoms with van der Waals surface area (Å²) in [6, 6.07) is 5.40. The van der Waals surface area contributed by atoms with Crippen LogP contribution >= 0.6 is 11.3 Å². The number of rotatable bonds is 4. The molecule has 2 aliphatic rings. The summed E-state index contributed by atoms with van der Waals surface area (Å²) in [5.41, 5.74) is 0.768. The minimum absolute atomic E-state index is 0.0501. The van der Waals surface area contributed by atoms with E-state index < -0.39 is 0 Å². The molecule has 9 heteroatoms. The second-order valence-electron chi connectivity index (χ2n) is 6.87. The lowest BCUT2D eigenvalue weighted by Crippen LogP contribution is -2.39. The van der Waals surface area contributed by atoms with Crippen molar-refractivity contribution in [3.63, 3.8) is 0 Å². The summed E-state index contributed by atoms with van der Waals surface area (Å²) in [5.74, 6) is 0.583. The fraction of sp³-hybridized carbons (Fsp3) is 0.500. The van der Waals surface area contributed by atoms with Crippen molar-refractivity contribution in [2.24, 2.45) is 0 Å². The predicted molar refractivity (Wildman–Crippen MR) is 102 cm³/mol. The van der Waals surface area contributed by atoms with Crippen LogP contribution in [-0.4, -0.2) is 63.1 Å². The average molecular weight is 386 g/mol. The van der Waals surface area contributed by atoms with Gasteiger partial charge in [0, 0.05) is 44.0 Å². The fourth-order valence-corrected chi connectivity index (χ4v) is 3.99. The van der Waals surface area contributed by atoms with Crippen LogP contribution in [0.3, 0.4) is 0 Å². The van der Waals surface area contributed by atoms with Crippen molar-refractivity contribution in [2.45, 2.75) is 31.6 Å². The number of carbonyl (C=O) groups excluding carboxylic acids is 2. The molecule has 8 nitrogen and oxygen atoms in total. The average Bonchev–Trinajstić information content (AvgIpc) is 3.46. The smallest absolute Gasteiger partial charge is 0.323 e. The SMILES string of the molecule is O=C(Cc1ccccn1)N1CCCN(C(=O)Nc2nnc(C3CC3)s2)CC1. The molecule has 3 amide bonds. The number of nitrogens with one attached hydrogen (secondary N) is 1. The molecule has 1 saturated carbocycles. The Balaban J connectivity index is 1.29. The van der Waals surface area contributed by atoms with E-state index in [1.807, 2.05) is 23.1 Å². The number of hydrogen-bond donors (Lipinski definition) is 1. The zero-order valence-electron chi connectivity index (χ0n) is 15.0. The molecule has 3 heterocycles. The standard InChI is InChI=1S/C18H22N6O2S/c25-15(12-14-4-1-2-7-19-14)23-8-3-9-24(11-10-23)18(26)20-17-22-21-16(27-17)13-5-6-13/h1-2,4,7,13H,3,5-6,8-12H2,(H,20,22,26). The molecule has 0 radical (unpaired) electrons. The van der Waals surface area contributed by atoms with Gasteiger partial charge in [0.25, 0.3) is 0 Å². The zero-order valence-corrected chi connectivity index (χ0v) is 15.8. The molecule has 0 spiro atoms. The van der Waals surface area contributed by atoms with Gasteiger partial charge in [-0.1, -0.05) is 17.4 Å². The van der Waals surface area contributed by atoms with Gasteiger partial charge in [-0.3, -0.25) is 15.1 Å². The molecule has 0 aromatic carbocycles. The van der Waals surface area contributed by atoms with Crippen LogP contribution in [0, 0.1) is 0 Å². The highest BCUT2D eigenvalue weighted by Gasteiger charge is 2.28. The summed E-state index contributed by atoms with van der Waals surface area (Å²) in [4.78, 5) is 32.8. The minimum atomic E-state index is -0.174. The lowest BCUT2D eigenvalue weighted by molar-refractivity contribution is -0.130. The molecule has 1 aliphatic carbocycles. The van der Waals surface area contributed by atoms with Gasteiger partial charge in [-0.25, -0.2) is 4.79 Å². The van der Waals surface area contributed by atoms with Crippen molar-refractivity contribution in [1.29, 1.82) is 0 Å². The Kier molecular flexibility index (Phi) is 5.28.